The first-order valence-electron chi connectivity index (χ1n) is 6.51. The summed E-state index contributed by atoms with van der Waals surface area (Å²) in [5, 5.41) is 19.5. The molecule has 0 bridgehead atoms. The van der Waals surface area contributed by atoms with Crippen LogP contribution in [0.1, 0.15) is 27.9 Å². The summed E-state index contributed by atoms with van der Waals surface area (Å²) in [6.45, 7) is 1.85. The molecule has 0 aliphatic rings. The minimum Gasteiger partial charge on any atom is -0.387 e. The lowest BCUT2D eigenvalue weighted by atomic mass is 10.1. The molecule has 1 atom stereocenters. The number of hydrogen-bond acceptors (Lipinski definition) is 5. The van der Waals surface area contributed by atoms with Crippen LogP contribution in [0.3, 0.4) is 0 Å². The van der Waals surface area contributed by atoms with Crippen molar-refractivity contribution in [1.82, 2.24) is 10.5 Å². The highest BCUT2D eigenvalue weighted by molar-refractivity contribution is 7.17. The Hall–Kier alpha value is -2.18. The molecule has 3 aromatic rings. The van der Waals surface area contributed by atoms with Crippen LogP contribution in [0, 0.1) is 6.92 Å². The number of amides is 1. The van der Waals surface area contributed by atoms with E-state index in [-0.39, 0.29) is 18.1 Å². The van der Waals surface area contributed by atoms with Gasteiger partial charge in [0.05, 0.1) is 6.10 Å². The van der Waals surface area contributed by atoms with Gasteiger partial charge in [-0.15, -0.1) is 11.3 Å². The molecule has 0 saturated carbocycles. The molecular weight excluding hydrogens is 288 g/mol. The Balaban J connectivity index is 1.69. The molecule has 108 valence electrons. The van der Waals surface area contributed by atoms with Crippen LogP contribution in [-0.2, 0) is 0 Å². The average Bonchev–Trinajstić information content (AvgIpc) is 3.10. The molecule has 2 heterocycles. The van der Waals surface area contributed by atoms with Gasteiger partial charge in [-0.2, -0.15) is 0 Å². The first kappa shape index (κ1) is 13.8. The third-order valence-electron chi connectivity index (χ3n) is 3.19. The van der Waals surface area contributed by atoms with Gasteiger partial charge in [0.15, 0.2) is 5.69 Å². The highest BCUT2D eigenvalue weighted by Gasteiger charge is 2.16. The fourth-order valence-electron chi connectivity index (χ4n) is 2.12. The number of benzene rings is 1. The molecule has 0 spiro atoms. The monoisotopic (exact) mass is 302 g/mol. The third-order valence-corrected chi connectivity index (χ3v) is 4.17. The van der Waals surface area contributed by atoms with E-state index in [1.807, 2.05) is 29.6 Å². The molecular formula is C15H14N2O3S. The number of aryl methyl sites for hydroxylation is 1. The molecule has 0 fully saturated rings. The second kappa shape index (κ2) is 5.67. The number of nitrogens with zero attached hydrogens (tertiary/aromatic N) is 1. The first-order valence-corrected chi connectivity index (χ1v) is 7.39. The van der Waals surface area contributed by atoms with Crippen molar-refractivity contribution in [2.75, 3.05) is 6.54 Å². The summed E-state index contributed by atoms with van der Waals surface area (Å²) >= 11 is 1.58. The molecule has 2 aromatic heterocycles. The molecule has 2 N–H and O–H groups in total. The van der Waals surface area contributed by atoms with Crippen LogP contribution in [0.2, 0.25) is 0 Å². The lowest BCUT2D eigenvalue weighted by Crippen LogP contribution is -2.28. The number of thiophene rings is 1. The Labute approximate surface area is 125 Å². The van der Waals surface area contributed by atoms with Crippen LogP contribution in [0.25, 0.3) is 10.1 Å². The third kappa shape index (κ3) is 2.81. The first-order chi connectivity index (χ1) is 10.1. The molecule has 21 heavy (non-hydrogen) atoms. The van der Waals surface area contributed by atoms with Gasteiger partial charge >= 0.3 is 0 Å². The molecule has 0 saturated heterocycles. The number of hydrogen-bond donors (Lipinski definition) is 2. The second-order valence-corrected chi connectivity index (χ2v) is 5.65. The molecule has 0 radical (unpaired) electrons. The lowest BCUT2D eigenvalue weighted by molar-refractivity contribution is 0.0908. The number of carbonyl (C=O) groups excluding carboxylic acids is 1. The van der Waals surface area contributed by atoms with Crippen molar-refractivity contribution in [2.24, 2.45) is 0 Å². The van der Waals surface area contributed by atoms with Crippen molar-refractivity contribution >= 4 is 27.3 Å². The van der Waals surface area contributed by atoms with Gasteiger partial charge in [-0.25, -0.2) is 0 Å². The van der Waals surface area contributed by atoms with Gasteiger partial charge in [0, 0.05) is 22.9 Å². The van der Waals surface area contributed by atoms with E-state index < -0.39 is 6.10 Å². The smallest absolute Gasteiger partial charge is 0.273 e. The SMILES string of the molecule is Cc1cc(C(=O)NC[C@H](O)c2csc3ccccc23)no1. The van der Waals surface area contributed by atoms with Crippen LogP contribution in [-0.4, -0.2) is 22.7 Å². The van der Waals surface area contributed by atoms with E-state index in [4.69, 9.17) is 4.52 Å². The average molecular weight is 302 g/mol. The second-order valence-electron chi connectivity index (χ2n) is 4.74. The van der Waals surface area contributed by atoms with Crippen molar-refractivity contribution in [3.8, 4) is 0 Å². The predicted molar refractivity (Wildman–Crippen MR) is 80.4 cm³/mol. The Bertz CT molecular complexity index is 778. The van der Waals surface area contributed by atoms with E-state index in [2.05, 4.69) is 10.5 Å². The van der Waals surface area contributed by atoms with Crippen molar-refractivity contribution in [3.05, 3.63) is 52.7 Å². The number of aliphatic hydroxyl groups is 1. The van der Waals surface area contributed by atoms with Gasteiger partial charge < -0.3 is 14.9 Å². The summed E-state index contributed by atoms with van der Waals surface area (Å²) in [6.07, 6.45) is -0.752. The van der Waals surface area contributed by atoms with Crippen molar-refractivity contribution < 1.29 is 14.4 Å². The van der Waals surface area contributed by atoms with E-state index in [1.54, 1.807) is 24.3 Å². The zero-order chi connectivity index (χ0) is 14.8. The predicted octanol–water partition coefficient (Wildman–Crippen LogP) is 2.66. The number of rotatable bonds is 4. The van der Waals surface area contributed by atoms with E-state index in [0.717, 1.165) is 15.6 Å². The Morgan fingerprint density at radius 3 is 3.05 bits per heavy atom. The Morgan fingerprint density at radius 1 is 1.48 bits per heavy atom. The quantitative estimate of drug-likeness (QED) is 0.777. The van der Waals surface area contributed by atoms with Crippen LogP contribution in [0.5, 0.6) is 0 Å². The standard InChI is InChI=1S/C15H14N2O3S/c1-9-6-12(17-20-9)15(19)16-7-13(18)11-8-21-14-5-3-2-4-10(11)14/h2-6,8,13,18H,7H2,1H3,(H,16,19)/t13-/m0/s1. The topological polar surface area (TPSA) is 75.4 Å². The number of nitrogens with one attached hydrogen (secondary N) is 1. The Morgan fingerprint density at radius 2 is 2.29 bits per heavy atom. The summed E-state index contributed by atoms with van der Waals surface area (Å²) in [6, 6.07) is 9.42. The summed E-state index contributed by atoms with van der Waals surface area (Å²) in [4.78, 5) is 11.9. The van der Waals surface area contributed by atoms with Crippen molar-refractivity contribution in [1.29, 1.82) is 0 Å². The largest absolute Gasteiger partial charge is 0.387 e. The molecule has 6 heteroatoms. The minimum absolute atomic E-state index is 0.130. The molecule has 0 aliphatic heterocycles. The van der Waals surface area contributed by atoms with Crippen LogP contribution < -0.4 is 5.32 Å². The molecule has 5 nitrogen and oxygen atoms in total. The normalized spacial score (nSPS) is 12.5. The Kier molecular flexibility index (Phi) is 3.72. The van der Waals surface area contributed by atoms with Crippen LogP contribution in [0.4, 0.5) is 0 Å². The van der Waals surface area contributed by atoms with Crippen LogP contribution in [0.15, 0.2) is 40.2 Å². The summed E-state index contributed by atoms with van der Waals surface area (Å²) in [5.74, 6) is 0.218. The van der Waals surface area contributed by atoms with Crippen molar-refractivity contribution in [2.45, 2.75) is 13.0 Å². The number of aliphatic hydroxyl groups excluding tert-OH is 1. The van der Waals surface area contributed by atoms with Crippen molar-refractivity contribution in [3.63, 3.8) is 0 Å². The number of aromatic nitrogens is 1. The van der Waals surface area contributed by atoms with Gasteiger partial charge in [-0.05, 0) is 23.8 Å². The zero-order valence-corrected chi connectivity index (χ0v) is 12.2. The fourth-order valence-corrected chi connectivity index (χ4v) is 3.13. The number of fused-ring (bicyclic) bond motifs is 1. The zero-order valence-electron chi connectivity index (χ0n) is 11.4. The summed E-state index contributed by atoms with van der Waals surface area (Å²) < 4.78 is 5.97. The molecule has 0 unspecified atom stereocenters. The fraction of sp³-hybridized carbons (Fsp3) is 0.200. The van der Waals surface area contributed by atoms with Gasteiger partial charge in [0.1, 0.15) is 5.76 Å². The highest BCUT2D eigenvalue weighted by atomic mass is 32.1. The summed E-state index contributed by atoms with van der Waals surface area (Å²) in [5.41, 5.74) is 1.04. The molecule has 1 amide bonds. The van der Waals surface area contributed by atoms with E-state index in [0.29, 0.717) is 5.76 Å². The summed E-state index contributed by atoms with van der Waals surface area (Å²) in [7, 11) is 0. The molecule has 3 rings (SSSR count). The maximum Gasteiger partial charge on any atom is 0.273 e. The molecule has 0 aliphatic carbocycles. The molecule has 1 aromatic carbocycles. The van der Waals surface area contributed by atoms with Gasteiger partial charge in [-0.1, -0.05) is 23.4 Å². The maximum atomic E-state index is 11.9. The van der Waals surface area contributed by atoms with E-state index in [1.165, 1.54) is 0 Å². The van der Waals surface area contributed by atoms with E-state index >= 15 is 0 Å². The van der Waals surface area contributed by atoms with Gasteiger partial charge in [0.25, 0.3) is 5.91 Å². The highest BCUT2D eigenvalue weighted by Crippen LogP contribution is 2.29. The van der Waals surface area contributed by atoms with Gasteiger partial charge in [0.2, 0.25) is 0 Å². The lowest BCUT2D eigenvalue weighted by Gasteiger charge is -2.10. The number of carbonyl (C=O) groups is 1. The van der Waals surface area contributed by atoms with Gasteiger partial charge in [-0.3, -0.25) is 4.79 Å². The van der Waals surface area contributed by atoms with E-state index in [9.17, 15) is 9.90 Å². The maximum absolute atomic E-state index is 11.9. The van der Waals surface area contributed by atoms with Crippen LogP contribution >= 0.6 is 11.3 Å². The minimum atomic E-state index is -0.752.